The predicted octanol–water partition coefficient (Wildman–Crippen LogP) is 5.86. The summed E-state index contributed by atoms with van der Waals surface area (Å²) >= 11 is 1.34. The number of anilines is 2. The maximum atomic E-state index is 12.5. The maximum absolute atomic E-state index is 12.5. The van der Waals surface area contributed by atoms with Gasteiger partial charge in [-0.1, -0.05) is 30.3 Å². The van der Waals surface area contributed by atoms with Gasteiger partial charge in [0.1, 0.15) is 5.76 Å². The fraction of sp³-hybridized carbons (Fsp3) is 0.192. The number of benzene rings is 2. The first-order valence-electron chi connectivity index (χ1n) is 10.9. The van der Waals surface area contributed by atoms with Gasteiger partial charge in [0, 0.05) is 23.8 Å². The second kappa shape index (κ2) is 10.4. The van der Waals surface area contributed by atoms with E-state index in [0.29, 0.717) is 34.5 Å². The number of hydrogen-bond donors (Lipinski definition) is 1. The van der Waals surface area contributed by atoms with E-state index >= 15 is 0 Å². The van der Waals surface area contributed by atoms with Gasteiger partial charge in [0.2, 0.25) is 11.8 Å². The summed E-state index contributed by atoms with van der Waals surface area (Å²) in [7, 11) is 0. The number of thiazole rings is 1. The van der Waals surface area contributed by atoms with E-state index in [4.69, 9.17) is 9.15 Å². The lowest BCUT2D eigenvalue weighted by Crippen LogP contribution is -2.24. The Morgan fingerprint density at radius 1 is 1.21 bits per heavy atom. The van der Waals surface area contributed by atoms with E-state index < -0.39 is 0 Å². The lowest BCUT2D eigenvalue weighted by Gasteiger charge is -2.17. The van der Waals surface area contributed by atoms with Crippen LogP contribution in [0.1, 0.15) is 38.3 Å². The summed E-state index contributed by atoms with van der Waals surface area (Å²) in [6.07, 6.45) is 3.04. The van der Waals surface area contributed by atoms with Gasteiger partial charge in [0.15, 0.2) is 16.5 Å². The number of amides is 2. The first-order chi connectivity index (χ1) is 16.5. The minimum Gasteiger partial charge on any atom is -0.490 e. The van der Waals surface area contributed by atoms with Crippen molar-refractivity contribution in [2.75, 3.05) is 11.5 Å². The zero-order valence-electron chi connectivity index (χ0n) is 19.1. The molecule has 1 N–H and O–H groups in total. The minimum absolute atomic E-state index is 0.138. The van der Waals surface area contributed by atoms with Crippen LogP contribution >= 0.6 is 11.3 Å². The third-order valence-corrected chi connectivity index (χ3v) is 5.89. The van der Waals surface area contributed by atoms with Gasteiger partial charge in [-0.3, -0.25) is 14.5 Å². The number of nitrogens with zero attached hydrogens (tertiary/aromatic N) is 2. The third kappa shape index (κ3) is 5.18. The highest BCUT2D eigenvalue weighted by Gasteiger charge is 2.18. The zero-order valence-corrected chi connectivity index (χ0v) is 20.0. The minimum atomic E-state index is -0.337. The zero-order chi connectivity index (χ0) is 24.1. The van der Waals surface area contributed by atoms with Crippen molar-refractivity contribution in [3.63, 3.8) is 0 Å². The molecule has 0 saturated heterocycles. The number of aromatic nitrogens is 1. The molecule has 34 heavy (non-hydrogen) atoms. The van der Waals surface area contributed by atoms with Gasteiger partial charge >= 0.3 is 0 Å². The highest BCUT2D eigenvalue weighted by Crippen LogP contribution is 2.31. The molecular formula is C26H25N3O4S. The van der Waals surface area contributed by atoms with Gasteiger partial charge in [-0.25, -0.2) is 4.98 Å². The Morgan fingerprint density at radius 2 is 2.00 bits per heavy atom. The van der Waals surface area contributed by atoms with E-state index in [9.17, 15) is 9.59 Å². The Labute approximate surface area is 201 Å². The quantitative estimate of drug-likeness (QED) is 0.323. The number of nitrogens with one attached hydrogen (secondary N) is 1. The normalized spacial score (nSPS) is 12.1. The van der Waals surface area contributed by atoms with Crippen LogP contribution in [0.15, 0.2) is 70.5 Å². The summed E-state index contributed by atoms with van der Waals surface area (Å²) in [5, 5.41) is 6.16. The molecule has 0 bridgehead atoms. The topological polar surface area (TPSA) is 84.7 Å². The van der Waals surface area contributed by atoms with Gasteiger partial charge < -0.3 is 14.5 Å². The van der Waals surface area contributed by atoms with Gasteiger partial charge in [-0.05, 0) is 44.2 Å². The van der Waals surface area contributed by atoms with Crippen molar-refractivity contribution < 1.29 is 18.7 Å². The first kappa shape index (κ1) is 23.3. The molecule has 2 heterocycles. The standard InChI is InChI=1S/C26H25N3O4S/c1-4-32-22-12-8-9-19-15-23(33-25(19)22)17(2)27-24(31)14-13-20-16-34-26(28-20)29(18(3)30)21-10-6-5-7-11-21/h5-17H,4H2,1-3H3,(H,27,31)/b14-13+. The van der Waals surface area contributed by atoms with Crippen LogP contribution in [-0.4, -0.2) is 23.4 Å². The van der Waals surface area contributed by atoms with E-state index in [-0.39, 0.29) is 17.9 Å². The molecule has 0 fully saturated rings. The number of carbonyl (C=O) groups excluding carboxylic acids is 2. The van der Waals surface area contributed by atoms with Crippen LogP contribution < -0.4 is 15.0 Å². The lowest BCUT2D eigenvalue weighted by molar-refractivity contribution is -0.117. The molecule has 0 radical (unpaired) electrons. The summed E-state index contributed by atoms with van der Waals surface area (Å²) in [4.78, 5) is 30.7. The molecule has 2 amide bonds. The van der Waals surface area contributed by atoms with E-state index in [0.717, 1.165) is 11.1 Å². The van der Waals surface area contributed by atoms with Crippen molar-refractivity contribution in [3.8, 4) is 5.75 Å². The SMILES string of the molecule is CCOc1cccc2cc(C(C)NC(=O)/C=C/c3csc(N(C(C)=O)c4ccccc4)n3)oc12. The smallest absolute Gasteiger partial charge is 0.244 e. The lowest BCUT2D eigenvalue weighted by atomic mass is 10.2. The van der Waals surface area contributed by atoms with Crippen LogP contribution in [-0.2, 0) is 9.59 Å². The number of fused-ring (bicyclic) bond motifs is 1. The predicted molar refractivity (Wildman–Crippen MR) is 134 cm³/mol. The van der Waals surface area contributed by atoms with E-state index in [2.05, 4.69) is 10.3 Å². The van der Waals surface area contributed by atoms with Crippen molar-refractivity contribution in [1.82, 2.24) is 10.3 Å². The molecule has 0 spiro atoms. The number of furan rings is 1. The molecule has 0 aliphatic carbocycles. The first-order valence-corrected chi connectivity index (χ1v) is 11.8. The average molecular weight is 476 g/mol. The summed E-state index contributed by atoms with van der Waals surface area (Å²) in [6, 6.07) is 16.6. The van der Waals surface area contributed by atoms with Crippen LogP contribution in [0.25, 0.3) is 17.0 Å². The molecule has 2 aromatic carbocycles. The van der Waals surface area contributed by atoms with Gasteiger partial charge in [-0.2, -0.15) is 0 Å². The number of ether oxygens (including phenoxy) is 1. The second-order valence-electron chi connectivity index (χ2n) is 7.56. The van der Waals surface area contributed by atoms with Crippen LogP contribution in [0.3, 0.4) is 0 Å². The van der Waals surface area contributed by atoms with Crippen LogP contribution in [0, 0.1) is 0 Å². The summed E-state index contributed by atoms with van der Waals surface area (Å²) in [5.74, 6) is 0.902. The summed E-state index contributed by atoms with van der Waals surface area (Å²) in [5.41, 5.74) is 2.00. The molecule has 0 aliphatic heterocycles. The van der Waals surface area contributed by atoms with Gasteiger partial charge in [0.25, 0.3) is 0 Å². The van der Waals surface area contributed by atoms with Crippen molar-refractivity contribution in [1.29, 1.82) is 0 Å². The van der Waals surface area contributed by atoms with Crippen molar-refractivity contribution >= 4 is 51.0 Å². The molecule has 7 nitrogen and oxygen atoms in total. The number of para-hydroxylation sites is 2. The molecule has 0 aliphatic rings. The molecule has 1 unspecified atom stereocenters. The average Bonchev–Trinajstić information content (AvgIpc) is 3.46. The Balaban J connectivity index is 1.43. The van der Waals surface area contributed by atoms with Crippen molar-refractivity contribution in [3.05, 3.63) is 77.5 Å². The third-order valence-electron chi connectivity index (χ3n) is 5.05. The van der Waals surface area contributed by atoms with Crippen LogP contribution in [0.2, 0.25) is 0 Å². The molecule has 0 saturated carbocycles. The van der Waals surface area contributed by atoms with Crippen molar-refractivity contribution in [2.24, 2.45) is 0 Å². The van der Waals surface area contributed by atoms with E-state index in [1.54, 1.807) is 16.4 Å². The molecule has 174 valence electrons. The molecule has 2 aromatic heterocycles. The van der Waals surface area contributed by atoms with Crippen LogP contribution in [0.4, 0.5) is 10.8 Å². The highest BCUT2D eigenvalue weighted by atomic mass is 32.1. The fourth-order valence-electron chi connectivity index (χ4n) is 3.49. The van der Waals surface area contributed by atoms with Crippen molar-refractivity contribution in [2.45, 2.75) is 26.8 Å². The summed E-state index contributed by atoms with van der Waals surface area (Å²) < 4.78 is 11.6. The number of carbonyl (C=O) groups is 2. The molecule has 1 atom stereocenters. The Hall–Kier alpha value is -3.91. The Kier molecular flexibility index (Phi) is 7.08. The number of hydrogen-bond acceptors (Lipinski definition) is 6. The van der Waals surface area contributed by atoms with Crippen LogP contribution in [0.5, 0.6) is 5.75 Å². The Morgan fingerprint density at radius 3 is 2.74 bits per heavy atom. The largest absolute Gasteiger partial charge is 0.490 e. The fourth-order valence-corrected chi connectivity index (χ4v) is 4.35. The molecule has 4 aromatic rings. The number of rotatable bonds is 8. The van der Waals surface area contributed by atoms with E-state index in [1.807, 2.05) is 68.4 Å². The molecule has 8 heteroatoms. The van der Waals surface area contributed by atoms with Gasteiger partial charge in [0.05, 0.1) is 24.0 Å². The second-order valence-corrected chi connectivity index (χ2v) is 8.40. The maximum Gasteiger partial charge on any atom is 0.244 e. The van der Waals surface area contributed by atoms with Gasteiger partial charge in [-0.15, -0.1) is 11.3 Å². The summed E-state index contributed by atoms with van der Waals surface area (Å²) in [6.45, 7) is 5.81. The molecule has 4 rings (SSSR count). The Bertz CT molecular complexity index is 1330. The highest BCUT2D eigenvalue weighted by molar-refractivity contribution is 7.14. The monoisotopic (exact) mass is 475 g/mol. The molecular weight excluding hydrogens is 450 g/mol. The van der Waals surface area contributed by atoms with E-state index in [1.165, 1.54) is 24.3 Å².